The molecule has 0 aliphatic rings. The van der Waals surface area contributed by atoms with Crippen molar-refractivity contribution in [2.75, 3.05) is 5.32 Å². The number of nitrogens with two attached hydrogens (primary N) is 1. The van der Waals surface area contributed by atoms with Crippen LogP contribution in [0.1, 0.15) is 5.56 Å². The Hall–Kier alpha value is -1.72. The van der Waals surface area contributed by atoms with Crippen LogP contribution in [0.2, 0.25) is 5.02 Å². The molecular weight excluding hydrogens is 290 g/mol. The molecular formula is C13H9ClF2N2S. The summed E-state index contributed by atoms with van der Waals surface area (Å²) in [6.45, 7) is 0. The molecule has 2 aromatic rings. The highest BCUT2D eigenvalue weighted by molar-refractivity contribution is 7.80. The molecule has 3 N–H and O–H groups in total. The number of nitrogens with one attached hydrogen (secondary N) is 1. The van der Waals surface area contributed by atoms with Crippen LogP contribution in [0.4, 0.5) is 20.2 Å². The van der Waals surface area contributed by atoms with Gasteiger partial charge in [-0.2, -0.15) is 0 Å². The molecule has 2 rings (SSSR count). The summed E-state index contributed by atoms with van der Waals surface area (Å²) >= 11 is 10.8. The first-order valence-electron chi connectivity index (χ1n) is 5.28. The SMILES string of the molecule is NC(=S)c1cc(Cl)ccc1Nc1cc(F)cc(F)c1. The molecule has 0 atom stereocenters. The third-order valence-electron chi connectivity index (χ3n) is 2.39. The molecule has 0 aromatic heterocycles. The number of anilines is 2. The van der Waals surface area contributed by atoms with Gasteiger partial charge in [0.2, 0.25) is 0 Å². The second-order valence-electron chi connectivity index (χ2n) is 3.84. The Morgan fingerprint density at radius 2 is 1.74 bits per heavy atom. The minimum atomic E-state index is -0.673. The van der Waals surface area contributed by atoms with Gasteiger partial charge in [-0.15, -0.1) is 0 Å². The topological polar surface area (TPSA) is 38.0 Å². The predicted octanol–water partition coefficient (Wildman–Crippen LogP) is 4.00. The summed E-state index contributed by atoms with van der Waals surface area (Å²) in [6.07, 6.45) is 0. The molecule has 0 unspecified atom stereocenters. The average molecular weight is 299 g/mol. The molecule has 0 aliphatic carbocycles. The van der Waals surface area contributed by atoms with Crippen LogP contribution in [0.25, 0.3) is 0 Å². The van der Waals surface area contributed by atoms with Crippen LogP contribution in [0.3, 0.4) is 0 Å². The number of halogens is 3. The van der Waals surface area contributed by atoms with Gasteiger partial charge < -0.3 is 11.1 Å². The zero-order valence-corrected chi connectivity index (χ0v) is 11.2. The van der Waals surface area contributed by atoms with Crippen LogP contribution in [-0.4, -0.2) is 4.99 Å². The summed E-state index contributed by atoms with van der Waals surface area (Å²) in [4.78, 5) is 0.141. The maximum atomic E-state index is 13.1. The van der Waals surface area contributed by atoms with Crippen molar-refractivity contribution in [2.45, 2.75) is 0 Å². The summed E-state index contributed by atoms with van der Waals surface area (Å²) in [5.74, 6) is -1.35. The molecule has 2 aromatic carbocycles. The molecule has 19 heavy (non-hydrogen) atoms. The number of thiocarbonyl (C=S) groups is 1. The Labute approximate surface area is 119 Å². The largest absolute Gasteiger partial charge is 0.389 e. The Morgan fingerprint density at radius 1 is 1.11 bits per heavy atom. The van der Waals surface area contributed by atoms with Gasteiger partial charge in [-0.1, -0.05) is 23.8 Å². The van der Waals surface area contributed by atoms with E-state index < -0.39 is 11.6 Å². The fraction of sp³-hybridized carbons (Fsp3) is 0. The van der Waals surface area contributed by atoms with Crippen LogP contribution in [-0.2, 0) is 0 Å². The van der Waals surface area contributed by atoms with Gasteiger partial charge in [-0.3, -0.25) is 0 Å². The molecule has 2 nitrogen and oxygen atoms in total. The maximum absolute atomic E-state index is 13.1. The van der Waals surface area contributed by atoms with E-state index in [1.807, 2.05) is 0 Å². The predicted molar refractivity (Wildman–Crippen MR) is 77.0 cm³/mol. The van der Waals surface area contributed by atoms with E-state index in [0.717, 1.165) is 6.07 Å². The number of hydrogen-bond acceptors (Lipinski definition) is 2. The van der Waals surface area contributed by atoms with Crippen LogP contribution in [0, 0.1) is 11.6 Å². The highest BCUT2D eigenvalue weighted by atomic mass is 35.5. The highest BCUT2D eigenvalue weighted by Crippen LogP contribution is 2.25. The molecule has 0 fully saturated rings. The van der Waals surface area contributed by atoms with Crippen molar-refractivity contribution < 1.29 is 8.78 Å². The summed E-state index contributed by atoms with van der Waals surface area (Å²) in [6, 6.07) is 7.98. The van der Waals surface area contributed by atoms with E-state index in [-0.39, 0.29) is 10.7 Å². The lowest BCUT2D eigenvalue weighted by Crippen LogP contribution is -2.12. The van der Waals surface area contributed by atoms with Gasteiger partial charge in [0.1, 0.15) is 16.6 Å². The lowest BCUT2D eigenvalue weighted by atomic mass is 10.1. The summed E-state index contributed by atoms with van der Waals surface area (Å²) in [5, 5.41) is 3.33. The molecule has 0 heterocycles. The van der Waals surface area contributed by atoms with E-state index in [2.05, 4.69) is 5.32 Å². The first kappa shape index (κ1) is 13.7. The van der Waals surface area contributed by atoms with Crippen molar-refractivity contribution in [3.63, 3.8) is 0 Å². The molecule has 0 aliphatic heterocycles. The average Bonchev–Trinajstić information content (AvgIpc) is 2.30. The number of rotatable bonds is 3. The van der Waals surface area contributed by atoms with Crippen molar-refractivity contribution in [2.24, 2.45) is 5.73 Å². The summed E-state index contributed by atoms with van der Waals surface area (Å²) in [7, 11) is 0. The Bertz CT molecular complexity index is 626. The zero-order chi connectivity index (χ0) is 14.0. The van der Waals surface area contributed by atoms with Crippen molar-refractivity contribution >= 4 is 40.2 Å². The normalized spacial score (nSPS) is 10.3. The fourth-order valence-corrected chi connectivity index (χ4v) is 1.95. The first-order chi connectivity index (χ1) is 8.95. The van der Waals surface area contributed by atoms with E-state index >= 15 is 0 Å². The molecule has 0 saturated heterocycles. The third-order valence-corrected chi connectivity index (χ3v) is 2.84. The van der Waals surface area contributed by atoms with Gasteiger partial charge in [0.15, 0.2) is 0 Å². The smallest absolute Gasteiger partial charge is 0.128 e. The van der Waals surface area contributed by atoms with Gasteiger partial charge in [0.05, 0.1) is 0 Å². The van der Waals surface area contributed by atoms with Crippen LogP contribution >= 0.6 is 23.8 Å². The van der Waals surface area contributed by atoms with Crippen molar-refractivity contribution in [3.8, 4) is 0 Å². The third kappa shape index (κ3) is 3.39. The minimum Gasteiger partial charge on any atom is -0.389 e. The molecule has 0 spiro atoms. The van der Waals surface area contributed by atoms with Gasteiger partial charge >= 0.3 is 0 Å². The fourth-order valence-electron chi connectivity index (χ4n) is 1.61. The van der Waals surface area contributed by atoms with Gasteiger partial charge in [-0.25, -0.2) is 8.78 Å². The quantitative estimate of drug-likeness (QED) is 0.841. The lowest BCUT2D eigenvalue weighted by Gasteiger charge is -2.12. The van der Waals surface area contributed by atoms with E-state index in [1.165, 1.54) is 12.1 Å². The van der Waals surface area contributed by atoms with Crippen molar-refractivity contribution in [1.29, 1.82) is 0 Å². The van der Waals surface area contributed by atoms with E-state index in [4.69, 9.17) is 29.6 Å². The monoisotopic (exact) mass is 298 g/mol. The Morgan fingerprint density at radius 3 is 2.32 bits per heavy atom. The van der Waals surface area contributed by atoms with Gasteiger partial charge in [0, 0.05) is 28.0 Å². The number of benzene rings is 2. The van der Waals surface area contributed by atoms with E-state index in [9.17, 15) is 8.78 Å². The van der Waals surface area contributed by atoms with Gasteiger partial charge in [-0.05, 0) is 30.3 Å². The van der Waals surface area contributed by atoms with E-state index in [0.29, 0.717) is 16.3 Å². The molecule has 0 bridgehead atoms. The molecule has 6 heteroatoms. The Kier molecular flexibility index (Phi) is 3.97. The van der Waals surface area contributed by atoms with Crippen LogP contribution < -0.4 is 11.1 Å². The first-order valence-corrected chi connectivity index (χ1v) is 6.07. The number of hydrogen-bond donors (Lipinski definition) is 2. The van der Waals surface area contributed by atoms with Crippen LogP contribution in [0.5, 0.6) is 0 Å². The maximum Gasteiger partial charge on any atom is 0.128 e. The second-order valence-corrected chi connectivity index (χ2v) is 4.71. The summed E-state index contributed by atoms with van der Waals surface area (Å²) < 4.78 is 26.2. The van der Waals surface area contributed by atoms with E-state index in [1.54, 1.807) is 18.2 Å². The summed E-state index contributed by atoms with van der Waals surface area (Å²) in [5.41, 5.74) is 6.88. The molecule has 98 valence electrons. The highest BCUT2D eigenvalue weighted by Gasteiger charge is 2.08. The van der Waals surface area contributed by atoms with Crippen LogP contribution in [0.15, 0.2) is 36.4 Å². The van der Waals surface area contributed by atoms with Crippen molar-refractivity contribution in [1.82, 2.24) is 0 Å². The zero-order valence-electron chi connectivity index (χ0n) is 9.58. The lowest BCUT2D eigenvalue weighted by molar-refractivity contribution is 0.584. The molecule has 0 radical (unpaired) electrons. The van der Waals surface area contributed by atoms with Crippen molar-refractivity contribution in [3.05, 3.63) is 58.6 Å². The van der Waals surface area contributed by atoms with Gasteiger partial charge in [0.25, 0.3) is 0 Å². The molecule has 0 saturated carbocycles. The minimum absolute atomic E-state index is 0.141. The standard InChI is InChI=1S/C13H9ClF2N2S/c14-7-1-2-12(11(3-7)13(17)19)18-10-5-8(15)4-9(16)6-10/h1-6,18H,(H2,17,19). The second kappa shape index (κ2) is 5.50. The molecule has 0 amide bonds. The Balaban J connectivity index is 2.40.